The zero-order chi connectivity index (χ0) is 12.8. The first-order valence-electron chi connectivity index (χ1n) is 5.25. The van der Waals surface area contributed by atoms with Gasteiger partial charge in [-0.05, 0) is 29.7 Å². The Morgan fingerprint density at radius 3 is 3.00 bits per heavy atom. The number of furan rings is 1. The number of hydrogen-bond donors (Lipinski definition) is 1. The molecule has 0 unspecified atom stereocenters. The molecule has 0 aliphatic rings. The molecule has 0 atom stereocenters. The molecule has 18 heavy (non-hydrogen) atoms. The molecule has 0 fully saturated rings. The van der Waals surface area contributed by atoms with E-state index in [9.17, 15) is 4.79 Å². The van der Waals surface area contributed by atoms with Gasteiger partial charge in [0.1, 0.15) is 17.4 Å². The minimum Gasteiger partial charge on any atom is -0.467 e. The lowest BCUT2D eigenvalue weighted by Gasteiger charge is -2.01. The summed E-state index contributed by atoms with van der Waals surface area (Å²) in [6.07, 6.45) is 3.11. The fourth-order valence-corrected chi connectivity index (χ4v) is 2.00. The molecule has 90 valence electrons. The molecule has 0 aliphatic carbocycles. The Kier molecular flexibility index (Phi) is 3.94. The number of nitrogens with one attached hydrogen (secondary N) is 1. The van der Waals surface area contributed by atoms with Gasteiger partial charge in [-0.25, -0.2) is 0 Å². The van der Waals surface area contributed by atoms with Crippen molar-refractivity contribution in [1.82, 2.24) is 5.32 Å². The molecule has 0 saturated heterocycles. The van der Waals surface area contributed by atoms with Crippen LogP contribution in [0.2, 0.25) is 0 Å². The molecular weight excluding hydrogens is 248 g/mol. The van der Waals surface area contributed by atoms with Crippen LogP contribution in [0.25, 0.3) is 6.08 Å². The highest BCUT2D eigenvalue weighted by Gasteiger charge is 2.09. The normalized spacial score (nSPS) is 10.9. The van der Waals surface area contributed by atoms with Crippen LogP contribution in [0.1, 0.15) is 10.6 Å². The summed E-state index contributed by atoms with van der Waals surface area (Å²) < 4.78 is 5.09. The van der Waals surface area contributed by atoms with E-state index in [1.54, 1.807) is 18.2 Å². The van der Waals surface area contributed by atoms with Gasteiger partial charge in [-0.2, -0.15) is 5.26 Å². The summed E-state index contributed by atoms with van der Waals surface area (Å²) in [5.74, 6) is 0.249. The van der Waals surface area contributed by atoms with Crippen LogP contribution in [0.5, 0.6) is 0 Å². The Balaban J connectivity index is 2.00. The van der Waals surface area contributed by atoms with Gasteiger partial charge in [0.15, 0.2) is 0 Å². The van der Waals surface area contributed by atoms with E-state index in [0.29, 0.717) is 5.76 Å². The standard InChI is InChI=1S/C13H10N2O2S/c14-8-10(7-12-4-2-6-18-12)13(16)15-9-11-3-1-5-17-11/h1-7H,9H2,(H,15,16)/b10-7+. The number of rotatable bonds is 4. The fraction of sp³-hybridized carbons (Fsp3) is 0.0769. The van der Waals surface area contributed by atoms with E-state index < -0.39 is 5.91 Å². The van der Waals surface area contributed by atoms with Crippen molar-refractivity contribution in [2.75, 3.05) is 0 Å². The van der Waals surface area contributed by atoms with Crippen molar-refractivity contribution >= 4 is 23.3 Å². The van der Waals surface area contributed by atoms with Gasteiger partial charge in [-0.1, -0.05) is 6.07 Å². The predicted octanol–water partition coefficient (Wildman–Crippen LogP) is 2.56. The van der Waals surface area contributed by atoms with Gasteiger partial charge >= 0.3 is 0 Å². The summed E-state index contributed by atoms with van der Waals surface area (Å²) >= 11 is 1.47. The highest BCUT2D eigenvalue weighted by Crippen LogP contribution is 2.13. The van der Waals surface area contributed by atoms with Crippen molar-refractivity contribution in [2.45, 2.75) is 6.54 Å². The van der Waals surface area contributed by atoms with Crippen molar-refractivity contribution in [1.29, 1.82) is 5.26 Å². The zero-order valence-corrected chi connectivity index (χ0v) is 10.2. The first-order valence-corrected chi connectivity index (χ1v) is 6.13. The molecule has 2 rings (SSSR count). The third-order valence-corrected chi connectivity index (χ3v) is 3.02. The lowest BCUT2D eigenvalue weighted by molar-refractivity contribution is -0.117. The molecule has 0 saturated carbocycles. The molecule has 2 aromatic rings. The molecule has 1 amide bonds. The number of nitrogens with zero attached hydrogens (tertiary/aromatic N) is 1. The van der Waals surface area contributed by atoms with Gasteiger partial charge in [-0.3, -0.25) is 4.79 Å². The number of nitriles is 1. The summed E-state index contributed by atoms with van der Waals surface area (Å²) in [7, 11) is 0. The molecule has 0 bridgehead atoms. The summed E-state index contributed by atoms with van der Waals surface area (Å²) in [6.45, 7) is 0.273. The van der Waals surface area contributed by atoms with Crippen LogP contribution in [0, 0.1) is 11.3 Å². The second kappa shape index (κ2) is 5.84. The van der Waals surface area contributed by atoms with Gasteiger partial charge in [0, 0.05) is 4.88 Å². The molecule has 2 aromatic heterocycles. The van der Waals surface area contributed by atoms with E-state index in [1.165, 1.54) is 17.6 Å². The summed E-state index contributed by atoms with van der Waals surface area (Å²) in [4.78, 5) is 12.6. The summed E-state index contributed by atoms with van der Waals surface area (Å²) in [5.41, 5.74) is 0.0870. The summed E-state index contributed by atoms with van der Waals surface area (Å²) in [5, 5.41) is 13.5. The Morgan fingerprint density at radius 1 is 1.50 bits per heavy atom. The Morgan fingerprint density at radius 2 is 2.39 bits per heavy atom. The van der Waals surface area contributed by atoms with E-state index in [1.807, 2.05) is 23.6 Å². The first kappa shape index (κ1) is 12.1. The topological polar surface area (TPSA) is 66.0 Å². The number of amides is 1. The van der Waals surface area contributed by atoms with Crippen LogP contribution >= 0.6 is 11.3 Å². The van der Waals surface area contributed by atoms with Crippen molar-refractivity contribution in [3.8, 4) is 6.07 Å². The van der Waals surface area contributed by atoms with E-state index in [2.05, 4.69) is 5.32 Å². The van der Waals surface area contributed by atoms with Crippen LogP contribution in [-0.4, -0.2) is 5.91 Å². The minimum absolute atomic E-state index is 0.0870. The monoisotopic (exact) mass is 258 g/mol. The number of carbonyl (C=O) groups excluding carboxylic acids is 1. The average Bonchev–Trinajstić information content (AvgIpc) is 3.06. The molecular formula is C13H10N2O2S. The fourth-order valence-electron chi connectivity index (χ4n) is 1.34. The van der Waals surface area contributed by atoms with Crippen LogP contribution in [-0.2, 0) is 11.3 Å². The highest BCUT2D eigenvalue weighted by molar-refractivity contribution is 7.10. The van der Waals surface area contributed by atoms with Crippen molar-refractivity contribution in [3.63, 3.8) is 0 Å². The van der Waals surface area contributed by atoms with Crippen molar-refractivity contribution in [3.05, 3.63) is 52.1 Å². The molecule has 5 heteroatoms. The third kappa shape index (κ3) is 3.09. The maximum atomic E-state index is 11.8. The van der Waals surface area contributed by atoms with Crippen LogP contribution in [0.15, 0.2) is 45.9 Å². The van der Waals surface area contributed by atoms with E-state index >= 15 is 0 Å². The third-order valence-electron chi connectivity index (χ3n) is 2.20. The van der Waals surface area contributed by atoms with Gasteiger partial charge in [0.05, 0.1) is 12.8 Å². The van der Waals surface area contributed by atoms with Crippen LogP contribution < -0.4 is 5.32 Å². The lowest BCUT2D eigenvalue weighted by Crippen LogP contribution is -2.23. The lowest BCUT2D eigenvalue weighted by atomic mass is 10.2. The molecule has 0 spiro atoms. The van der Waals surface area contributed by atoms with Gasteiger partial charge in [0.25, 0.3) is 5.91 Å². The van der Waals surface area contributed by atoms with E-state index in [-0.39, 0.29) is 12.1 Å². The molecule has 4 nitrogen and oxygen atoms in total. The SMILES string of the molecule is N#C/C(=C\c1cccs1)C(=O)NCc1ccco1. The molecule has 2 heterocycles. The van der Waals surface area contributed by atoms with Crippen molar-refractivity contribution < 1.29 is 9.21 Å². The second-order valence-corrected chi connectivity index (χ2v) is 4.43. The average molecular weight is 258 g/mol. The van der Waals surface area contributed by atoms with Gasteiger partial charge < -0.3 is 9.73 Å². The summed E-state index contributed by atoms with van der Waals surface area (Å²) in [6, 6.07) is 9.12. The molecule has 0 radical (unpaired) electrons. The predicted molar refractivity (Wildman–Crippen MR) is 68.5 cm³/mol. The Bertz CT molecular complexity index is 577. The second-order valence-electron chi connectivity index (χ2n) is 3.45. The van der Waals surface area contributed by atoms with Gasteiger partial charge in [-0.15, -0.1) is 11.3 Å². The largest absolute Gasteiger partial charge is 0.467 e. The molecule has 1 N–H and O–H groups in total. The Labute approximate surface area is 108 Å². The smallest absolute Gasteiger partial charge is 0.262 e. The van der Waals surface area contributed by atoms with E-state index in [4.69, 9.17) is 9.68 Å². The first-order chi connectivity index (χ1) is 8.79. The van der Waals surface area contributed by atoms with E-state index in [0.717, 1.165) is 4.88 Å². The van der Waals surface area contributed by atoms with Gasteiger partial charge in [0.2, 0.25) is 0 Å². The van der Waals surface area contributed by atoms with Crippen LogP contribution in [0.3, 0.4) is 0 Å². The minimum atomic E-state index is -0.401. The molecule has 0 aliphatic heterocycles. The van der Waals surface area contributed by atoms with Crippen molar-refractivity contribution in [2.24, 2.45) is 0 Å². The Hall–Kier alpha value is -2.32. The quantitative estimate of drug-likeness (QED) is 0.677. The zero-order valence-electron chi connectivity index (χ0n) is 9.42. The number of hydrogen-bond acceptors (Lipinski definition) is 4. The maximum absolute atomic E-state index is 11.8. The number of carbonyl (C=O) groups is 1. The molecule has 0 aromatic carbocycles. The van der Waals surface area contributed by atoms with Crippen LogP contribution in [0.4, 0.5) is 0 Å². The maximum Gasteiger partial charge on any atom is 0.262 e. The highest BCUT2D eigenvalue weighted by atomic mass is 32.1. The number of thiophene rings is 1.